The van der Waals surface area contributed by atoms with Crippen LogP contribution in [0.15, 0.2) is 72.4 Å². The van der Waals surface area contributed by atoms with E-state index in [1.807, 2.05) is 37.3 Å². The fourth-order valence-corrected chi connectivity index (χ4v) is 4.21. The van der Waals surface area contributed by atoms with E-state index in [1.165, 1.54) is 19.1 Å². The summed E-state index contributed by atoms with van der Waals surface area (Å²) in [5.74, 6) is 0.773. The second-order valence-electron chi connectivity index (χ2n) is 8.06. The van der Waals surface area contributed by atoms with Crippen LogP contribution in [-0.2, 0) is 16.0 Å². The minimum atomic E-state index is -0.348. The molecule has 9 heteroatoms. The van der Waals surface area contributed by atoms with Crippen LogP contribution in [0.25, 0.3) is 6.08 Å². The molecule has 0 unspecified atom stereocenters. The molecular weight excluding hydrogens is 490 g/mol. The first-order valence-corrected chi connectivity index (χ1v) is 12.0. The van der Waals surface area contributed by atoms with Crippen LogP contribution in [0.2, 0.25) is 0 Å². The lowest BCUT2D eigenvalue weighted by atomic mass is 10.1. The van der Waals surface area contributed by atoms with Gasteiger partial charge in [0.1, 0.15) is 11.4 Å². The number of amides is 2. The van der Waals surface area contributed by atoms with Crippen molar-refractivity contribution in [2.24, 2.45) is 0 Å². The van der Waals surface area contributed by atoms with Crippen molar-refractivity contribution in [3.8, 4) is 17.2 Å². The van der Waals surface area contributed by atoms with Crippen molar-refractivity contribution in [2.45, 2.75) is 13.3 Å². The number of carbonyl (C=O) groups is 2. The van der Waals surface area contributed by atoms with Gasteiger partial charge < -0.3 is 24.8 Å². The maximum absolute atomic E-state index is 13.2. The Balaban J connectivity index is 1.47. The molecule has 0 radical (unpaired) electrons. The highest BCUT2D eigenvalue weighted by Gasteiger charge is 2.33. The number of hydrogen-bond acceptors (Lipinski definition) is 6. The maximum Gasteiger partial charge on any atom is 0.281 e. The molecule has 3 aromatic rings. The topological polar surface area (TPSA) is 89.1 Å². The average Bonchev–Trinajstić information content (AvgIpc) is 3.19. The number of anilines is 2. The SMILES string of the molecule is CCc1ccccc1N1C(=O)/C(=C\c2ccc(OCC(=O)Nc3ccccc3OC)c(OC)c2)NC1=S. The Bertz CT molecular complexity index is 1370. The second-order valence-corrected chi connectivity index (χ2v) is 8.45. The zero-order valence-electron chi connectivity index (χ0n) is 20.7. The highest BCUT2D eigenvalue weighted by atomic mass is 32.1. The molecule has 2 N–H and O–H groups in total. The normalized spacial score (nSPS) is 13.9. The number of nitrogens with zero attached hydrogens (tertiary/aromatic N) is 1. The standard InChI is InChI=1S/C28H27N3O5S/c1-4-19-9-5-7-11-22(19)31-27(33)21(30-28(31)37)15-18-13-14-24(25(16-18)35-3)36-17-26(32)29-20-10-6-8-12-23(20)34-2/h5-16H,4,17H2,1-3H3,(H,29,32)(H,30,37)/b21-15+. The van der Waals surface area contributed by atoms with Crippen LogP contribution in [0.1, 0.15) is 18.1 Å². The summed E-state index contributed by atoms with van der Waals surface area (Å²) in [5, 5.41) is 6.10. The molecule has 2 amide bonds. The summed E-state index contributed by atoms with van der Waals surface area (Å²) >= 11 is 5.45. The van der Waals surface area contributed by atoms with Crippen LogP contribution in [0.4, 0.5) is 11.4 Å². The Kier molecular flexibility index (Phi) is 8.05. The Morgan fingerprint density at radius 3 is 2.49 bits per heavy atom. The van der Waals surface area contributed by atoms with E-state index in [-0.39, 0.29) is 18.4 Å². The lowest BCUT2D eigenvalue weighted by molar-refractivity contribution is -0.118. The molecule has 0 atom stereocenters. The van der Waals surface area contributed by atoms with Crippen molar-refractivity contribution >= 4 is 46.6 Å². The minimum Gasteiger partial charge on any atom is -0.495 e. The molecule has 1 saturated heterocycles. The first kappa shape index (κ1) is 25.7. The largest absolute Gasteiger partial charge is 0.495 e. The molecule has 0 saturated carbocycles. The number of aryl methyl sites for hydroxylation is 1. The van der Waals surface area contributed by atoms with Gasteiger partial charge in [-0.2, -0.15) is 0 Å². The number of para-hydroxylation sites is 3. The van der Waals surface area contributed by atoms with Crippen LogP contribution in [0.5, 0.6) is 17.2 Å². The predicted octanol–water partition coefficient (Wildman–Crippen LogP) is 4.55. The number of benzene rings is 3. The highest BCUT2D eigenvalue weighted by Crippen LogP contribution is 2.31. The molecule has 3 aromatic carbocycles. The Morgan fingerprint density at radius 1 is 1.00 bits per heavy atom. The monoisotopic (exact) mass is 517 g/mol. The Hall–Kier alpha value is -4.37. The van der Waals surface area contributed by atoms with Crippen molar-refractivity contribution in [1.82, 2.24) is 5.32 Å². The molecule has 0 bridgehead atoms. The summed E-state index contributed by atoms with van der Waals surface area (Å²) in [7, 11) is 3.04. The number of methoxy groups -OCH3 is 2. The van der Waals surface area contributed by atoms with E-state index in [0.29, 0.717) is 39.3 Å². The summed E-state index contributed by atoms with van der Waals surface area (Å²) in [4.78, 5) is 27.1. The molecule has 0 aromatic heterocycles. The molecule has 8 nitrogen and oxygen atoms in total. The van der Waals surface area contributed by atoms with Crippen molar-refractivity contribution < 1.29 is 23.8 Å². The Morgan fingerprint density at radius 2 is 1.73 bits per heavy atom. The van der Waals surface area contributed by atoms with Crippen LogP contribution in [0.3, 0.4) is 0 Å². The van der Waals surface area contributed by atoms with Gasteiger partial charge in [-0.05, 0) is 66.2 Å². The molecule has 1 aliphatic heterocycles. The van der Waals surface area contributed by atoms with E-state index in [0.717, 1.165) is 17.7 Å². The Labute approximate surface area is 220 Å². The minimum absolute atomic E-state index is 0.227. The van der Waals surface area contributed by atoms with Gasteiger partial charge in [-0.1, -0.05) is 43.3 Å². The van der Waals surface area contributed by atoms with E-state index >= 15 is 0 Å². The average molecular weight is 518 g/mol. The third kappa shape index (κ3) is 5.73. The number of nitrogens with one attached hydrogen (secondary N) is 2. The number of thiocarbonyl (C=S) groups is 1. The van der Waals surface area contributed by atoms with Gasteiger partial charge in [-0.25, -0.2) is 0 Å². The summed E-state index contributed by atoms with van der Waals surface area (Å²) in [6.45, 7) is 1.81. The van der Waals surface area contributed by atoms with Crippen LogP contribution in [-0.4, -0.2) is 37.8 Å². The molecule has 1 aliphatic rings. The number of carbonyl (C=O) groups excluding carboxylic acids is 2. The quantitative estimate of drug-likeness (QED) is 0.318. The molecule has 4 rings (SSSR count). The highest BCUT2D eigenvalue weighted by molar-refractivity contribution is 7.80. The molecule has 37 heavy (non-hydrogen) atoms. The first-order valence-electron chi connectivity index (χ1n) is 11.6. The van der Waals surface area contributed by atoms with Gasteiger partial charge in [0, 0.05) is 0 Å². The van der Waals surface area contributed by atoms with Gasteiger partial charge in [-0.15, -0.1) is 0 Å². The van der Waals surface area contributed by atoms with E-state index in [9.17, 15) is 9.59 Å². The van der Waals surface area contributed by atoms with Gasteiger partial charge in [-0.3, -0.25) is 14.5 Å². The molecular formula is C28H27N3O5S. The summed E-state index contributed by atoms with van der Waals surface area (Å²) in [5.41, 5.74) is 3.40. The fraction of sp³-hybridized carbons (Fsp3) is 0.179. The van der Waals surface area contributed by atoms with Gasteiger partial charge in [0.15, 0.2) is 23.2 Å². The van der Waals surface area contributed by atoms with E-state index in [1.54, 1.807) is 42.5 Å². The molecule has 190 valence electrons. The number of rotatable bonds is 9. The third-order valence-corrected chi connectivity index (χ3v) is 6.01. The second kappa shape index (κ2) is 11.6. The summed E-state index contributed by atoms with van der Waals surface area (Å²) in [6.07, 6.45) is 2.47. The molecule has 0 aliphatic carbocycles. The van der Waals surface area contributed by atoms with Crippen LogP contribution < -0.4 is 29.7 Å². The first-order chi connectivity index (χ1) is 17.9. The lowest BCUT2D eigenvalue weighted by Crippen LogP contribution is -2.31. The zero-order chi connectivity index (χ0) is 26.4. The smallest absolute Gasteiger partial charge is 0.281 e. The molecule has 0 spiro atoms. The van der Waals surface area contributed by atoms with E-state index in [2.05, 4.69) is 10.6 Å². The van der Waals surface area contributed by atoms with Crippen molar-refractivity contribution in [3.63, 3.8) is 0 Å². The maximum atomic E-state index is 13.2. The zero-order valence-corrected chi connectivity index (χ0v) is 21.6. The lowest BCUT2D eigenvalue weighted by Gasteiger charge is -2.17. The third-order valence-electron chi connectivity index (χ3n) is 5.73. The number of ether oxygens (including phenoxy) is 3. The van der Waals surface area contributed by atoms with Crippen molar-refractivity contribution in [2.75, 3.05) is 31.0 Å². The van der Waals surface area contributed by atoms with Crippen molar-refractivity contribution in [3.05, 3.63) is 83.6 Å². The summed E-state index contributed by atoms with van der Waals surface area (Å²) in [6, 6.07) is 20.0. The van der Waals surface area contributed by atoms with Crippen molar-refractivity contribution in [1.29, 1.82) is 0 Å². The molecule has 1 heterocycles. The number of hydrogen-bond donors (Lipinski definition) is 2. The fourth-order valence-electron chi connectivity index (χ4n) is 3.92. The van der Waals surface area contributed by atoms with Crippen LogP contribution >= 0.6 is 12.2 Å². The predicted molar refractivity (Wildman–Crippen MR) is 147 cm³/mol. The van der Waals surface area contributed by atoms with Gasteiger partial charge >= 0.3 is 0 Å². The van der Waals surface area contributed by atoms with Gasteiger partial charge in [0.05, 0.1) is 25.6 Å². The molecule has 1 fully saturated rings. The van der Waals surface area contributed by atoms with Gasteiger partial charge in [0.25, 0.3) is 11.8 Å². The summed E-state index contributed by atoms with van der Waals surface area (Å²) < 4.78 is 16.4. The van der Waals surface area contributed by atoms with Crippen LogP contribution in [0, 0.1) is 0 Å². The van der Waals surface area contributed by atoms with E-state index < -0.39 is 0 Å². The van der Waals surface area contributed by atoms with E-state index in [4.69, 9.17) is 26.4 Å². The van der Waals surface area contributed by atoms with Gasteiger partial charge in [0.2, 0.25) is 0 Å².